The van der Waals surface area contributed by atoms with Crippen molar-refractivity contribution in [1.82, 2.24) is 0 Å². The van der Waals surface area contributed by atoms with Crippen molar-refractivity contribution >= 4 is 0 Å². The van der Waals surface area contributed by atoms with Crippen molar-refractivity contribution in [3.8, 4) is 0 Å². The standard InChI is InChI=1S/C39H60O11/c1-22-7-9-28-24(3)30(42-32-38(28)26(22)11-13-34(5,44-32)47-49-38)19-36(21-41-37(46-36)15-17-40-18-16-37)20-31-25(4)29-10-8-23(2)27-12-14-35(6)45-33(43-31)39(27,29)50-48-35/h22-33H,7-21H2,1-6H3/t22-,23-,24-,25-,26+,27+,28+,29+,30-,31-,32-,33-,34+,35+,38-,39-/m1/s1. The molecule has 12 aliphatic rings. The third kappa shape index (κ3) is 4.80. The molecule has 0 aromatic heterocycles. The molecule has 12 fully saturated rings. The van der Waals surface area contributed by atoms with Crippen LogP contribution in [-0.4, -0.2) is 78.8 Å². The Balaban J connectivity index is 0.975. The van der Waals surface area contributed by atoms with Crippen molar-refractivity contribution < 1.29 is 52.7 Å². The van der Waals surface area contributed by atoms with Gasteiger partial charge in [0.2, 0.25) is 11.6 Å². The second-order valence-electron chi connectivity index (χ2n) is 18.9. The van der Waals surface area contributed by atoms with Crippen LogP contribution < -0.4 is 0 Å². The van der Waals surface area contributed by atoms with Gasteiger partial charge in [0.05, 0.1) is 37.6 Å². The maximum atomic E-state index is 7.35. The summed E-state index contributed by atoms with van der Waals surface area (Å²) in [5.41, 5.74) is -1.81. The lowest BCUT2D eigenvalue weighted by molar-refractivity contribution is -0.572. The average molecular weight is 705 g/mol. The largest absolute Gasteiger partial charge is 0.381 e. The summed E-state index contributed by atoms with van der Waals surface area (Å²) in [4.78, 5) is 25.2. The fraction of sp³-hybridized carbons (Fsp3) is 1.00. The first-order valence-corrected chi connectivity index (χ1v) is 20.2. The minimum atomic E-state index is -0.809. The molecule has 3 spiro atoms. The third-order valence-corrected chi connectivity index (χ3v) is 16.0. The predicted molar refractivity (Wildman–Crippen MR) is 175 cm³/mol. The van der Waals surface area contributed by atoms with Crippen LogP contribution >= 0.6 is 0 Å². The van der Waals surface area contributed by atoms with Gasteiger partial charge in [-0.3, -0.25) is 0 Å². The molecule has 12 rings (SSSR count). The Morgan fingerprint density at radius 2 is 1.06 bits per heavy atom. The number of hydrogen-bond acceptors (Lipinski definition) is 11. The van der Waals surface area contributed by atoms with Gasteiger partial charge in [0, 0.05) is 50.4 Å². The van der Waals surface area contributed by atoms with Crippen LogP contribution in [0.3, 0.4) is 0 Å². The molecule has 0 radical (unpaired) electrons. The molecule has 282 valence electrons. The van der Waals surface area contributed by atoms with Gasteiger partial charge in [-0.05, 0) is 87.9 Å². The lowest BCUT2D eigenvalue weighted by Crippen LogP contribution is -2.71. The molecule has 10 saturated heterocycles. The van der Waals surface area contributed by atoms with Crippen LogP contribution in [0.4, 0.5) is 0 Å². The van der Waals surface area contributed by atoms with Crippen LogP contribution in [0.25, 0.3) is 0 Å². The Morgan fingerprint density at radius 1 is 0.560 bits per heavy atom. The molecule has 0 amide bonds. The molecular formula is C39H60O11. The van der Waals surface area contributed by atoms with Gasteiger partial charge in [0.15, 0.2) is 29.6 Å². The summed E-state index contributed by atoms with van der Waals surface area (Å²) in [6.07, 6.45) is 9.75. The number of fused-ring (bicyclic) bond motifs is 4. The highest BCUT2D eigenvalue weighted by atomic mass is 17.3. The first kappa shape index (κ1) is 34.1. The van der Waals surface area contributed by atoms with Crippen molar-refractivity contribution in [3.05, 3.63) is 0 Å². The Bertz CT molecular complexity index is 1240. The lowest BCUT2D eigenvalue weighted by atomic mass is 9.56. The highest BCUT2D eigenvalue weighted by Crippen LogP contribution is 2.64. The van der Waals surface area contributed by atoms with Crippen LogP contribution in [0.5, 0.6) is 0 Å². The van der Waals surface area contributed by atoms with E-state index in [1.807, 2.05) is 13.8 Å². The quantitative estimate of drug-likeness (QED) is 0.298. The molecule has 0 N–H and O–H groups in total. The first-order valence-electron chi connectivity index (χ1n) is 20.2. The minimum Gasteiger partial charge on any atom is -0.381 e. The minimum absolute atomic E-state index is 0.110. The second-order valence-corrected chi connectivity index (χ2v) is 18.9. The van der Waals surface area contributed by atoms with E-state index in [2.05, 4.69) is 27.7 Å². The molecule has 10 heterocycles. The molecule has 10 aliphatic heterocycles. The summed E-state index contributed by atoms with van der Waals surface area (Å²) in [5, 5.41) is 0. The van der Waals surface area contributed by atoms with Gasteiger partial charge in [-0.1, -0.05) is 27.7 Å². The second kappa shape index (κ2) is 11.5. The fourth-order valence-corrected chi connectivity index (χ4v) is 13.1. The maximum absolute atomic E-state index is 7.35. The van der Waals surface area contributed by atoms with Crippen molar-refractivity contribution in [1.29, 1.82) is 0 Å². The van der Waals surface area contributed by atoms with Crippen molar-refractivity contribution in [2.24, 2.45) is 47.3 Å². The van der Waals surface area contributed by atoms with E-state index >= 15 is 0 Å². The number of ether oxygens (including phenoxy) is 7. The topological polar surface area (TPSA) is 102 Å². The van der Waals surface area contributed by atoms with Crippen molar-refractivity contribution in [3.63, 3.8) is 0 Å². The van der Waals surface area contributed by atoms with Gasteiger partial charge in [-0.15, -0.1) is 0 Å². The SMILES string of the molecule is C[C@H]1[C@@H](CC2(C[C@H]3O[C@@H]4O[C@]5(C)CC[C@H]6[C@H](C)CC[C@@H]([C@H]3C)[C@@]46OO5)COC3(CCOCC3)O2)O[C@@H]2O[C@]3(C)CC[C@H]4[C@H](C)CC[C@@H]1[C@@]24OO3. The summed E-state index contributed by atoms with van der Waals surface area (Å²) in [6, 6.07) is 0. The zero-order valence-electron chi connectivity index (χ0n) is 31.0. The molecule has 0 unspecified atom stereocenters. The van der Waals surface area contributed by atoms with Crippen LogP contribution in [0, 0.1) is 47.3 Å². The van der Waals surface area contributed by atoms with E-state index in [0.717, 1.165) is 51.4 Å². The van der Waals surface area contributed by atoms with E-state index in [1.54, 1.807) is 0 Å². The van der Waals surface area contributed by atoms with Gasteiger partial charge >= 0.3 is 0 Å². The fourth-order valence-electron chi connectivity index (χ4n) is 13.1. The normalized spacial score (nSPS) is 59.4. The molecule has 2 saturated carbocycles. The van der Waals surface area contributed by atoms with E-state index in [0.29, 0.717) is 56.3 Å². The number of hydrogen-bond donors (Lipinski definition) is 0. The first-order chi connectivity index (χ1) is 23.9. The average Bonchev–Trinajstić information content (AvgIpc) is 3.22. The Hall–Kier alpha value is -0.440. The zero-order valence-corrected chi connectivity index (χ0v) is 31.0. The van der Waals surface area contributed by atoms with Gasteiger partial charge in [0.1, 0.15) is 0 Å². The predicted octanol–water partition coefficient (Wildman–Crippen LogP) is 6.56. The highest BCUT2D eigenvalue weighted by Gasteiger charge is 2.72. The van der Waals surface area contributed by atoms with Crippen molar-refractivity contribution in [2.45, 2.75) is 178 Å². The highest BCUT2D eigenvalue weighted by molar-refractivity contribution is 5.13. The molecule has 50 heavy (non-hydrogen) atoms. The summed E-state index contributed by atoms with van der Waals surface area (Å²) >= 11 is 0. The van der Waals surface area contributed by atoms with Crippen LogP contribution in [0.2, 0.25) is 0 Å². The number of rotatable bonds is 4. The molecule has 0 aromatic carbocycles. The monoisotopic (exact) mass is 704 g/mol. The molecular weight excluding hydrogens is 644 g/mol. The van der Waals surface area contributed by atoms with Gasteiger partial charge in [-0.25, -0.2) is 19.6 Å². The van der Waals surface area contributed by atoms with Crippen molar-refractivity contribution in [2.75, 3.05) is 19.8 Å². The van der Waals surface area contributed by atoms with E-state index in [1.165, 1.54) is 12.8 Å². The van der Waals surface area contributed by atoms with Gasteiger partial charge in [0.25, 0.3) is 0 Å². The summed E-state index contributed by atoms with van der Waals surface area (Å²) in [5.74, 6) is 0.366. The molecule has 11 heteroatoms. The summed E-state index contributed by atoms with van der Waals surface area (Å²) in [7, 11) is 0. The van der Waals surface area contributed by atoms with Gasteiger partial charge in [-0.2, -0.15) is 0 Å². The summed E-state index contributed by atoms with van der Waals surface area (Å²) < 4.78 is 47.8. The third-order valence-electron chi connectivity index (χ3n) is 16.0. The molecule has 16 atom stereocenters. The molecule has 2 aliphatic carbocycles. The zero-order chi connectivity index (χ0) is 34.3. The van der Waals surface area contributed by atoms with E-state index < -0.39 is 46.7 Å². The van der Waals surface area contributed by atoms with E-state index in [9.17, 15) is 0 Å². The van der Waals surface area contributed by atoms with Gasteiger partial charge < -0.3 is 33.2 Å². The molecule has 11 nitrogen and oxygen atoms in total. The maximum Gasteiger partial charge on any atom is 0.201 e. The van der Waals surface area contributed by atoms with E-state index in [4.69, 9.17) is 52.7 Å². The lowest BCUT2D eigenvalue weighted by Gasteiger charge is -2.61. The van der Waals surface area contributed by atoms with Crippen LogP contribution in [0.15, 0.2) is 0 Å². The molecule has 4 bridgehead atoms. The Morgan fingerprint density at radius 3 is 1.56 bits per heavy atom. The van der Waals surface area contributed by atoms with E-state index in [-0.39, 0.29) is 35.9 Å². The molecule has 0 aromatic rings. The Labute approximate surface area is 297 Å². The van der Waals surface area contributed by atoms with Crippen LogP contribution in [-0.2, 0) is 52.7 Å². The Kier molecular flexibility index (Phi) is 7.87. The summed E-state index contributed by atoms with van der Waals surface area (Å²) in [6.45, 7) is 15.2. The van der Waals surface area contributed by atoms with Crippen LogP contribution in [0.1, 0.15) is 119 Å². The smallest absolute Gasteiger partial charge is 0.201 e.